The van der Waals surface area contributed by atoms with Crippen molar-refractivity contribution in [1.29, 1.82) is 0 Å². The van der Waals surface area contributed by atoms with E-state index in [0.717, 1.165) is 22.0 Å². The molecule has 2 aromatic carbocycles. The van der Waals surface area contributed by atoms with Gasteiger partial charge in [0.25, 0.3) is 0 Å². The molecule has 2 rings (SSSR count). The largest absolute Gasteiger partial charge is 0.320 e. The minimum atomic E-state index is -0.0787. The van der Waals surface area contributed by atoms with Crippen LogP contribution >= 0.6 is 15.9 Å². The Kier molecular flexibility index (Phi) is 4.78. The summed E-state index contributed by atoms with van der Waals surface area (Å²) in [7, 11) is 0. The van der Waals surface area contributed by atoms with E-state index < -0.39 is 0 Å². The van der Waals surface area contributed by atoms with E-state index in [1.807, 2.05) is 0 Å². The maximum absolute atomic E-state index is 6.38. The van der Waals surface area contributed by atoms with Crippen LogP contribution in [0.3, 0.4) is 0 Å². The summed E-state index contributed by atoms with van der Waals surface area (Å²) < 4.78 is 1.11. The van der Waals surface area contributed by atoms with E-state index in [-0.39, 0.29) is 6.04 Å². The van der Waals surface area contributed by atoms with Crippen molar-refractivity contribution in [2.24, 2.45) is 5.73 Å². The molecule has 1 nitrogen and oxygen atoms in total. The first-order valence-corrected chi connectivity index (χ1v) is 7.52. The van der Waals surface area contributed by atoms with Crippen molar-refractivity contribution in [3.8, 4) is 0 Å². The van der Waals surface area contributed by atoms with Crippen molar-refractivity contribution in [2.75, 3.05) is 0 Å². The van der Waals surface area contributed by atoms with Gasteiger partial charge in [0.15, 0.2) is 0 Å². The van der Waals surface area contributed by atoms with Crippen LogP contribution in [-0.4, -0.2) is 0 Å². The van der Waals surface area contributed by atoms with Gasteiger partial charge in [-0.05, 0) is 35.6 Å². The highest BCUT2D eigenvalue weighted by atomic mass is 79.9. The van der Waals surface area contributed by atoms with Gasteiger partial charge in [0.2, 0.25) is 0 Å². The summed E-state index contributed by atoms with van der Waals surface area (Å²) in [6, 6.07) is 14.8. The summed E-state index contributed by atoms with van der Waals surface area (Å²) in [6.07, 6.45) is 2.30. The molecule has 19 heavy (non-hydrogen) atoms. The van der Waals surface area contributed by atoms with Gasteiger partial charge >= 0.3 is 0 Å². The summed E-state index contributed by atoms with van der Waals surface area (Å²) >= 11 is 3.64. The molecule has 2 heteroatoms. The second kappa shape index (κ2) is 6.36. The van der Waals surface area contributed by atoms with Crippen molar-refractivity contribution < 1.29 is 0 Å². The molecule has 0 spiro atoms. The lowest BCUT2D eigenvalue weighted by molar-refractivity contribution is 0.858. The van der Waals surface area contributed by atoms with E-state index in [9.17, 15) is 0 Å². The summed E-state index contributed by atoms with van der Waals surface area (Å²) in [5.74, 6) is 0. The molecule has 0 heterocycles. The monoisotopic (exact) mass is 317 g/mol. The molecule has 1 unspecified atom stereocenters. The van der Waals surface area contributed by atoms with E-state index in [2.05, 4.69) is 72.2 Å². The third-order valence-corrected chi connectivity index (χ3v) is 4.52. The number of nitrogens with two attached hydrogens (primary N) is 1. The molecule has 0 amide bonds. The summed E-state index contributed by atoms with van der Waals surface area (Å²) in [5, 5.41) is 0. The van der Waals surface area contributed by atoms with Gasteiger partial charge in [-0.2, -0.15) is 0 Å². The zero-order valence-electron chi connectivity index (χ0n) is 11.5. The SMILES string of the molecule is CCCc1ccc(C(N)c2cccc(C)c2Br)cc1. The Hall–Kier alpha value is -1.12. The third kappa shape index (κ3) is 3.26. The van der Waals surface area contributed by atoms with Gasteiger partial charge in [-0.15, -0.1) is 0 Å². The Balaban J connectivity index is 2.28. The lowest BCUT2D eigenvalue weighted by Gasteiger charge is -2.16. The van der Waals surface area contributed by atoms with Crippen molar-refractivity contribution in [1.82, 2.24) is 0 Å². The lowest BCUT2D eigenvalue weighted by atomic mass is 9.97. The van der Waals surface area contributed by atoms with Crippen molar-refractivity contribution in [2.45, 2.75) is 32.7 Å². The highest BCUT2D eigenvalue weighted by molar-refractivity contribution is 9.10. The number of aryl methyl sites for hydroxylation is 2. The minimum absolute atomic E-state index is 0.0787. The quantitative estimate of drug-likeness (QED) is 0.864. The minimum Gasteiger partial charge on any atom is -0.320 e. The van der Waals surface area contributed by atoms with Crippen molar-refractivity contribution in [3.63, 3.8) is 0 Å². The molecule has 0 fully saturated rings. The average Bonchev–Trinajstić information content (AvgIpc) is 2.42. The molecular weight excluding hydrogens is 298 g/mol. The number of hydrogen-bond acceptors (Lipinski definition) is 1. The summed E-state index contributed by atoms with van der Waals surface area (Å²) in [6.45, 7) is 4.29. The van der Waals surface area contributed by atoms with Gasteiger partial charge in [0, 0.05) is 4.47 Å². The number of benzene rings is 2. The molecule has 0 bridgehead atoms. The topological polar surface area (TPSA) is 26.0 Å². The van der Waals surface area contributed by atoms with E-state index in [1.165, 1.54) is 17.5 Å². The maximum atomic E-state index is 6.38. The smallest absolute Gasteiger partial charge is 0.0562 e. The molecular formula is C17H20BrN. The van der Waals surface area contributed by atoms with Crippen molar-refractivity contribution in [3.05, 3.63) is 69.2 Å². The number of hydrogen-bond donors (Lipinski definition) is 1. The lowest BCUT2D eigenvalue weighted by Crippen LogP contribution is -2.12. The first-order chi connectivity index (χ1) is 9.13. The van der Waals surface area contributed by atoms with E-state index >= 15 is 0 Å². The van der Waals surface area contributed by atoms with Crippen LogP contribution in [0.25, 0.3) is 0 Å². The summed E-state index contributed by atoms with van der Waals surface area (Å²) in [4.78, 5) is 0. The van der Waals surface area contributed by atoms with Gasteiger partial charge in [0.1, 0.15) is 0 Å². The Morgan fingerprint density at radius 3 is 2.42 bits per heavy atom. The predicted molar refractivity (Wildman–Crippen MR) is 85.3 cm³/mol. The fraction of sp³-hybridized carbons (Fsp3) is 0.294. The van der Waals surface area contributed by atoms with Crippen LogP contribution in [0.1, 0.15) is 41.6 Å². The van der Waals surface area contributed by atoms with Crippen LogP contribution in [0.5, 0.6) is 0 Å². The van der Waals surface area contributed by atoms with Crippen molar-refractivity contribution >= 4 is 15.9 Å². The predicted octanol–water partition coefficient (Wildman–Crippen LogP) is 4.76. The van der Waals surface area contributed by atoms with Crippen LogP contribution in [0.15, 0.2) is 46.9 Å². The highest BCUT2D eigenvalue weighted by Crippen LogP contribution is 2.29. The molecule has 2 N–H and O–H groups in total. The van der Waals surface area contributed by atoms with Gasteiger partial charge in [-0.1, -0.05) is 71.7 Å². The molecule has 0 saturated carbocycles. The Morgan fingerprint density at radius 2 is 1.79 bits per heavy atom. The Morgan fingerprint density at radius 1 is 1.11 bits per heavy atom. The van der Waals surface area contributed by atoms with Crippen LogP contribution in [0.4, 0.5) is 0 Å². The fourth-order valence-corrected chi connectivity index (χ4v) is 2.78. The van der Waals surface area contributed by atoms with Gasteiger partial charge in [-0.25, -0.2) is 0 Å². The van der Waals surface area contributed by atoms with Crippen LogP contribution in [0, 0.1) is 6.92 Å². The van der Waals surface area contributed by atoms with Gasteiger partial charge < -0.3 is 5.73 Å². The van der Waals surface area contributed by atoms with E-state index in [0.29, 0.717) is 0 Å². The van der Waals surface area contributed by atoms with E-state index in [1.54, 1.807) is 0 Å². The molecule has 0 saturated heterocycles. The van der Waals surface area contributed by atoms with Gasteiger partial charge in [0.05, 0.1) is 6.04 Å². The molecule has 0 aliphatic rings. The molecule has 100 valence electrons. The number of rotatable bonds is 4. The maximum Gasteiger partial charge on any atom is 0.0562 e. The van der Waals surface area contributed by atoms with E-state index in [4.69, 9.17) is 5.73 Å². The highest BCUT2D eigenvalue weighted by Gasteiger charge is 2.13. The molecule has 2 aromatic rings. The molecule has 0 aromatic heterocycles. The fourth-order valence-electron chi connectivity index (χ4n) is 2.27. The number of halogens is 1. The van der Waals surface area contributed by atoms with Crippen LogP contribution in [-0.2, 0) is 6.42 Å². The Bertz CT molecular complexity index is 546. The first-order valence-electron chi connectivity index (χ1n) is 6.73. The molecule has 1 atom stereocenters. The van der Waals surface area contributed by atoms with Gasteiger partial charge in [-0.3, -0.25) is 0 Å². The molecule has 0 aliphatic carbocycles. The zero-order valence-corrected chi connectivity index (χ0v) is 13.1. The van der Waals surface area contributed by atoms with Crippen LogP contribution < -0.4 is 5.73 Å². The second-order valence-electron chi connectivity index (χ2n) is 4.95. The molecule has 0 aliphatic heterocycles. The molecule has 0 radical (unpaired) electrons. The first kappa shape index (κ1) is 14.3. The summed E-state index contributed by atoms with van der Waals surface area (Å²) in [5.41, 5.74) is 11.3. The zero-order chi connectivity index (χ0) is 13.8. The van der Waals surface area contributed by atoms with Crippen LogP contribution in [0.2, 0.25) is 0 Å². The normalized spacial score (nSPS) is 12.4. The average molecular weight is 318 g/mol. The standard InChI is InChI=1S/C17H20BrN/c1-3-5-13-8-10-14(11-9-13)17(19)15-7-4-6-12(2)16(15)18/h4,6-11,17H,3,5,19H2,1-2H3. The third-order valence-electron chi connectivity index (χ3n) is 3.43. The second-order valence-corrected chi connectivity index (χ2v) is 5.74. The Labute approximate surface area is 124 Å².